The lowest BCUT2D eigenvalue weighted by atomic mass is 9.75. The third-order valence-corrected chi connectivity index (χ3v) is 4.59. The molecular weight excluding hydrogens is 266 g/mol. The van der Waals surface area contributed by atoms with E-state index in [-0.39, 0.29) is 24.1 Å². The molecule has 0 unspecified atom stereocenters. The van der Waals surface area contributed by atoms with Crippen LogP contribution >= 0.6 is 0 Å². The number of rotatable bonds is 2. The fourth-order valence-electron chi connectivity index (χ4n) is 3.77. The van der Waals surface area contributed by atoms with Gasteiger partial charge in [0.2, 0.25) is 0 Å². The van der Waals surface area contributed by atoms with Crippen LogP contribution in [-0.2, 0) is 9.53 Å². The minimum atomic E-state index is -0.487. The largest absolute Gasteiger partial charge is 0.444 e. The maximum atomic E-state index is 12.7. The molecule has 1 aliphatic heterocycles. The van der Waals surface area contributed by atoms with Gasteiger partial charge >= 0.3 is 6.09 Å². The van der Waals surface area contributed by atoms with Gasteiger partial charge in [-0.1, -0.05) is 13.3 Å². The highest BCUT2D eigenvalue weighted by atomic mass is 16.6. The Hall–Kier alpha value is -1.06. The van der Waals surface area contributed by atoms with Crippen molar-refractivity contribution in [1.29, 1.82) is 0 Å². The number of likely N-dealkylation sites (tertiary alicyclic amines) is 1. The van der Waals surface area contributed by atoms with Gasteiger partial charge < -0.3 is 9.64 Å². The van der Waals surface area contributed by atoms with Crippen LogP contribution in [0.15, 0.2) is 0 Å². The predicted octanol–water partition coefficient (Wildman–Crippen LogP) is 3.92. The number of Topliss-reactive ketones (excluding diaryl/α,β-unsaturated/α-hetero) is 1. The molecule has 1 saturated carbocycles. The minimum absolute atomic E-state index is 0.0411. The smallest absolute Gasteiger partial charge is 0.410 e. The van der Waals surface area contributed by atoms with Crippen LogP contribution in [-0.4, -0.2) is 34.5 Å². The molecule has 0 aromatic heterocycles. The van der Waals surface area contributed by atoms with Crippen LogP contribution in [0.25, 0.3) is 0 Å². The van der Waals surface area contributed by atoms with E-state index in [4.69, 9.17) is 4.74 Å². The highest BCUT2D eigenvalue weighted by Crippen LogP contribution is 2.38. The van der Waals surface area contributed by atoms with Crippen LogP contribution in [0, 0.1) is 5.92 Å². The lowest BCUT2D eigenvalue weighted by molar-refractivity contribution is -0.130. The van der Waals surface area contributed by atoms with Gasteiger partial charge in [-0.3, -0.25) is 4.79 Å². The second-order valence-corrected chi connectivity index (χ2v) is 7.44. The molecule has 4 nitrogen and oxygen atoms in total. The number of hydrogen-bond donors (Lipinski definition) is 0. The Balaban J connectivity index is 2.20. The molecule has 3 atom stereocenters. The summed E-state index contributed by atoms with van der Waals surface area (Å²) in [6, 6.07) is 0.295. The molecule has 0 aromatic rings. The van der Waals surface area contributed by atoms with Crippen molar-refractivity contribution in [3.8, 4) is 0 Å². The van der Waals surface area contributed by atoms with Crippen LogP contribution in [0.2, 0.25) is 0 Å². The fraction of sp³-hybridized carbons (Fsp3) is 0.882. The maximum Gasteiger partial charge on any atom is 0.410 e. The van der Waals surface area contributed by atoms with E-state index in [0.717, 1.165) is 38.5 Å². The molecule has 1 saturated heterocycles. The zero-order valence-electron chi connectivity index (χ0n) is 13.9. The number of nitrogens with zero attached hydrogens (tertiary/aromatic N) is 1. The van der Waals surface area contributed by atoms with E-state index in [9.17, 15) is 9.59 Å². The summed E-state index contributed by atoms with van der Waals surface area (Å²) in [5, 5.41) is 0. The molecule has 1 aliphatic carbocycles. The lowest BCUT2D eigenvalue weighted by Crippen LogP contribution is -2.57. The normalized spacial score (nSPS) is 30.0. The Bertz CT molecular complexity index is 399. The van der Waals surface area contributed by atoms with Gasteiger partial charge in [-0.15, -0.1) is 0 Å². The first-order chi connectivity index (χ1) is 9.83. The minimum Gasteiger partial charge on any atom is -0.444 e. The van der Waals surface area contributed by atoms with Crippen LogP contribution in [0.4, 0.5) is 4.79 Å². The second kappa shape index (κ2) is 6.37. The van der Waals surface area contributed by atoms with E-state index >= 15 is 0 Å². The molecule has 4 heteroatoms. The first-order valence-corrected chi connectivity index (χ1v) is 8.37. The van der Waals surface area contributed by atoms with Crippen molar-refractivity contribution >= 4 is 11.9 Å². The van der Waals surface area contributed by atoms with Crippen LogP contribution in [0.5, 0.6) is 0 Å². The molecule has 21 heavy (non-hydrogen) atoms. The Morgan fingerprint density at radius 1 is 1.29 bits per heavy atom. The van der Waals surface area contributed by atoms with E-state index in [0.29, 0.717) is 12.2 Å². The molecule has 1 amide bonds. The van der Waals surface area contributed by atoms with Gasteiger partial charge in [0.05, 0.1) is 0 Å². The van der Waals surface area contributed by atoms with Gasteiger partial charge in [-0.25, -0.2) is 4.79 Å². The predicted molar refractivity (Wildman–Crippen MR) is 82.1 cm³/mol. The Morgan fingerprint density at radius 2 is 2.00 bits per heavy atom. The van der Waals surface area contributed by atoms with E-state index < -0.39 is 5.60 Å². The summed E-state index contributed by atoms with van der Waals surface area (Å²) in [5.41, 5.74) is -0.487. The molecule has 0 radical (unpaired) electrons. The molecule has 0 bridgehead atoms. The zero-order chi connectivity index (χ0) is 15.6. The van der Waals surface area contributed by atoms with Crippen LogP contribution < -0.4 is 0 Å². The summed E-state index contributed by atoms with van der Waals surface area (Å²) in [6.45, 7) is 7.83. The highest BCUT2D eigenvalue weighted by molar-refractivity contribution is 5.83. The first-order valence-electron chi connectivity index (χ1n) is 8.37. The van der Waals surface area contributed by atoms with Crippen molar-refractivity contribution in [3.63, 3.8) is 0 Å². The maximum absolute atomic E-state index is 12.7. The van der Waals surface area contributed by atoms with Crippen LogP contribution in [0.1, 0.15) is 72.6 Å². The van der Waals surface area contributed by atoms with E-state index in [1.807, 2.05) is 25.7 Å². The molecule has 0 spiro atoms. The van der Waals surface area contributed by atoms with Crippen molar-refractivity contribution in [2.45, 2.75) is 90.3 Å². The molecular formula is C17H29NO3. The monoisotopic (exact) mass is 295 g/mol. The van der Waals surface area contributed by atoms with Crippen molar-refractivity contribution in [2.75, 3.05) is 0 Å². The Morgan fingerprint density at radius 3 is 2.62 bits per heavy atom. The van der Waals surface area contributed by atoms with Crippen molar-refractivity contribution in [3.05, 3.63) is 0 Å². The Kier molecular flexibility index (Phi) is 4.95. The van der Waals surface area contributed by atoms with Crippen molar-refractivity contribution in [2.24, 2.45) is 5.92 Å². The summed E-state index contributed by atoms with van der Waals surface area (Å²) in [7, 11) is 0. The van der Waals surface area contributed by atoms with E-state index in [1.54, 1.807) is 0 Å². The van der Waals surface area contributed by atoms with Gasteiger partial charge in [0.1, 0.15) is 11.4 Å². The summed E-state index contributed by atoms with van der Waals surface area (Å²) < 4.78 is 5.61. The number of amides is 1. The molecule has 0 aromatic carbocycles. The number of hydrogen-bond acceptors (Lipinski definition) is 3. The number of carbonyl (C=O) groups excluding carboxylic acids is 2. The average molecular weight is 295 g/mol. The third-order valence-electron chi connectivity index (χ3n) is 4.59. The van der Waals surface area contributed by atoms with Crippen molar-refractivity contribution in [1.82, 2.24) is 4.90 Å². The standard InChI is InChI=1S/C17H29NO3/c1-5-7-12-10-11-13-14(8-6-9-15(13)19)18(12)16(20)21-17(2,3)4/h12-14H,5-11H2,1-4H3/t12-,13+,14+/m0/s1. The van der Waals surface area contributed by atoms with E-state index in [1.165, 1.54) is 0 Å². The molecule has 2 rings (SSSR count). The molecule has 120 valence electrons. The van der Waals surface area contributed by atoms with Gasteiger partial charge in [-0.05, 0) is 52.9 Å². The van der Waals surface area contributed by atoms with Gasteiger partial charge in [0.25, 0.3) is 0 Å². The SMILES string of the molecule is CCC[C@H]1CC[C@H]2C(=O)CCC[C@H]2N1C(=O)OC(C)(C)C. The summed E-state index contributed by atoms with van der Waals surface area (Å²) in [5.74, 6) is 0.383. The van der Waals surface area contributed by atoms with Gasteiger partial charge in [0.15, 0.2) is 0 Å². The fourth-order valence-corrected chi connectivity index (χ4v) is 3.77. The number of carbonyl (C=O) groups is 2. The quantitative estimate of drug-likeness (QED) is 0.775. The third kappa shape index (κ3) is 3.78. The number of ketones is 1. The van der Waals surface area contributed by atoms with Gasteiger partial charge in [-0.2, -0.15) is 0 Å². The Labute approximate surface area is 128 Å². The lowest BCUT2D eigenvalue weighted by Gasteiger charge is -2.47. The van der Waals surface area contributed by atoms with Crippen molar-refractivity contribution < 1.29 is 14.3 Å². The molecule has 1 heterocycles. The van der Waals surface area contributed by atoms with Crippen LogP contribution in [0.3, 0.4) is 0 Å². The topological polar surface area (TPSA) is 46.6 Å². The molecule has 0 N–H and O–H groups in total. The number of ether oxygens (including phenoxy) is 1. The first kappa shape index (κ1) is 16.3. The average Bonchev–Trinajstić information content (AvgIpc) is 2.36. The second-order valence-electron chi connectivity index (χ2n) is 7.44. The number of piperidine rings is 1. The molecule has 2 aliphatic rings. The van der Waals surface area contributed by atoms with E-state index in [2.05, 4.69) is 6.92 Å². The summed E-state index contributed by atoms with van der Waals surface area (Å²) in [6.07, 6.45) is 6.21. The highest BCUT2D eigenvalue weighted by Gasteiger charge is 2.45. The molecule has 2 fully saturated rings. The summed E-state index contributed by atoms with van der Waals surface area (Å²) in [4.78, 5) is 26.7. The summed E-state index contributed by atoms with van der Waals surface area (Å²) >= 11 is 0. The van der Waals surface area contributed by atoms with Gasteiger partial charge in [0, 0.05) is 24.4 Å². The zero-order valence-corrected chi connectivity index (χ0v) is 13.9. The number of fused-ring (bicyclic) bond motifs is 1.